The van der Waals surface area contributed by atoms with Crippen LogP contribution in [0.5, 0.6) is 0 Å². The minimum absolute atomic E-state index is 0.500. The van der Waals surface area contributed by atoms with E-state index in [4.69, 9.17) is 0 Å². The average Bonchev–Trinajstić information content (AvgIpc) is 3.09. The van der Waals surface area contributed by atoms with Gasteiger partial charge in [-0.25, -0.2) is 9.97 Å². The van der Waals surface area contributed by atoms with Crippen LogP contribution in [0, 0.1) is 21.7 Å². The van der Waals surface area contributed by atoms with E-state index < -0.39 is 0 Å². The van der Waals surface area contributed by atoms with Crippen molar-refractivity contribution in [1.82, 2.24) is 24.9 Å². The lowest BCUT2D eigenvalue weighted by Gasteiger charge is -2.05. The number of hydrogen-bond acceptors (Lipinski definition) is 5. The van der Waals surface area contributed by atoms with Crippen molar-refractivity contribution in [3.8, 4) is 0 Å². The second-order valence-electron chi connectivity index (χ2n) is 16.0. The molecule has 0 bridgehead atoms. The second-order valence-corrected chi connectivity index (χ2v) is 16.0. The summed E-state index contributed by atoms with van der Waals surface area (Å²) in [6.45, 7) is 51.0. The topological polar surface area (TPSA) is 64.5 Å². The second kappa shape index (κ2) is 51.9. The first-order chi connectivity index (χ1) is 24.0. The summed E-state index contributed by atoms with van der Waals surface area (Å²) in [5.74, 6) is 0. The first kappa shape index (κ1) is 66.7. The summed E-state index contributed by atoms with van der Waals surface area (Å²) in [6, 6.07) is 19.5. The van der Waals surface area contributed by atoms with E-state index in [9.17, 15) is 0 Å². The smallest absolute Gasteiger partial charge is 0.115 e. The first-order valence-electron chi connectivity index (χ1n) is 19.2. The molecule has 0 aliphatic carbocycles. The first-order valence-corrected chi connectivity index (χ1v) is 19.2. The molecule has 5 heteroatoms. The third-order valence-corrected chi connectivity index (χ3v) is 2.19. The van der Waals surface area contributed by atoms with Gasteiger partial charge < -0.3 is 0 Å². The molecule has 5 nitrogen and oxygen atoms in total. The summed E-state index contributed by atoms with van der Waals surface area (Å²) >= 11 is 0. The standard InChI is InChI=1S/C6H6.C5H5N.4C5H12.2C4H4N2.4C2H6/c2*1-2-4-6-5-3-1;4*1-5(2,3)4;1-2-6-4-3-5-1;1-2-5-4-6-3-1;4*1-2/h1-6H;1-5H;4*1-4H3;2*1-4H;4*1-2H3. The minimum atomic E-state index is 0.500. The Bertz CT molecular complexity index is 695. The van der Waals surface area contributed by atoms with Crippen molar-refractivity contribution in [3.63, 3.8) is 0 Å². The maximum atomic E-state index is 3.78. The SMILES string of the molecule is CC.CC.CC.CC.CC(C)(C)C.CC(C)(C)C.CC(C)(C)C.CC(C)(C)C.c1ccccc1.c1ccncc1.c1cnccn1.c1cncnc1. The molecular weight excluding hydrogens is 635 g/mol. The minimum Gasteiger partial charge on any atom is -0.265 e. The maximum absolute atomic E-state index is 3.78. The van der Waals surface area contributed by atoms with Gasteiger partial charge >= 0.3 is 0 Å². The van der Waals surface area contributed by atoms with Crippen LogP contribution in [-0.2, 0) is 0 Å². The Morgan fingerprint density at radius 2 is 0.365 bits per heavy atom. The number of hydrogen-bond donors (Lipinski definition) is 0. The number of pyridine rings is 1. The van der Waals surface area contributed by atoms with E-state index in [1.165, 1.54) is 6.33 Å². The third-order valence-electron chi connectivity index (χ3n) is 2.19. The highest BCUT2D eigenvalue weighted by Gasteiger charge is 1.97. The highest BCUT2D eigenvalue weighted by molar-refractivity contribution is 4.99. The van der Waals surface area contributed by atoms with Crippen LogP contribution in [0.1, 0.15) is 166 Å². The Morgan fingerprint density at radius 1 is 0.212 bits per heavy atom. The Balaban J connectivity index is -0.0000000691. The Labute approximate surface area is 328 Å². The highest BCUT2D eigenvalue weighted by Crippen LogP contribution is 2.09. The van der Waals surface area contributed by atoms with Crippen LogP contribution in [0.3, 0.4) is 0 Å². The fourth-order valence-electron chi connectivity index (χ4n) is 1.20. The number of benzene rings is 1. The van der Waals surface area contributed by atoms with Gasteiger partial charge in [-0.2, -0.15) is 0 Å². The van der Waals surface area contributed by atoms with Gasteiger partial charge in [0.2, 0.25) is 0 Å². The van der Waals surface area contributed by atoms with Gasteiger partial charge in [0.25, 0.3) is 0 Å². The van der Waals surface area contributed by atoms with E-state index in [1.807, 2.05) is 110 Å². The van der Waals surface area contributed by atoms with Gasteiger partial charge in [-0.15, -0.1) is 0 Å². The van der Waals surface area contributed by atoms with E-state index in [1.54, 1.807) is 55.6 Å². The van der Waals surface area contributed by atoms with Crippen LogP contribution >= 0.6 is 0 Å². The van der Waals surface area contributed by atoms with Gasteiger partial charge in [0.1, 0.15) is 6.33 Å². The van der Waals surface area contributed by atoms with E-state index >= 15 is 0 Å². The van der Waals surface area contributed by atoms with Crippen LogP contribution < -0.4 is 0 Å². The van der Waals surface area contributed by atoms with Crippen LogP contribution in [0.4, 0.5) is 0 Å². The summed E-state index contributed by atoms with van der Waals surface area (Å²) in [6.07, 6.45) is 14.9. The molecule has 0 saturated carbocycles. The Hall–Kier alpha value is -3.47. The molecule has 304 valence electrons. The molecule has 0 radical (unpaired) electrons. The van der Waals surface area contributed by atoms with Crippen LogP contribution in [0.15, 0.2) is 117 Å². The molecule has 0 amide bonds. The molecule has 0 fully saturated rings. The number of rotatable bonds is 0. The molecular formula is C47H91N5. The molecule has 52 heavy (non-hydrogen) atoms. The van der Waals surface area contributed by atoms with E-state index in [0.717, 1.165) is 0 Å². The van der Waals surface area contributed by atoms with Crippen molar-refractivity contribution in [2.75, 3.05) is 0 Å². The molecule has 0 atom stereocenters. The van der Waals surface area contributed by atoms with Gasteiger partial charge in [0, 0.05) is 49.6 Å². The molecule has 4 aromatic rings. The van der Waals surface area contributed by atoms with Crippen LogP contribution in [0.25, 0.3) is 0 Å². The average molecular weight is 726 g/mol. The summed E-state index contributed by atoms with van der Waals surface area (Å²) in [5, 5.41) is 0. The van der Waals surface area contributed by atoms with E-state index in [2.05, 4.69) is 136 Å². The summed E-state index contributed by atoms with van der Waals surface area (Å²) in [4.78, 5) is 18.6. The van der Waals surface area contributed by atoms with E-state index in [-0.39, 0.29) is 0 Å². The quantitative estimate of drug-likeness (QED) is 0.181. The normalized spacial score (nSPS) is 8.77. The predicted molar refractivity (Wildman–Crippen MR) is 241 cm³/mol. The highest BCUT2D eigenvalue weighted by atomic mass is 14.8. The predicted octanol–water partition coefficient (Wildman–Crippen LogP) is 16.0. The molecule has 4 rings (SSSR count). The lowest BCUT2D eigenvalue weighted by molar-refractivity contribution is 0.469. The van der Waals surface area contributed by atoms with Crippen LogP contribution in [-0.4, -0.2) is 24.9 Å². The lowest BCUT2D eigenvalue weighted by atomic mass is 10.0. The molecule has 3 aromatic heterocycles. The number of nitrogens with zero attached hydrogens (tertiary/aromatic N) is 5. The Morgan fingerprint density at radius 3 is 0.442 bits per heavy atom. The fraction of sp³-hybridized carbons (Fsp3) is 0.596. The molecule has 1 aromatic carbocycles. The fourth-order valence-corrected chi connectivity index (χ4v) is 1.20. The van der Waals surface area contributed by atoms with Gasteiger partial charge in [-0.3, -0.25) is 15.0 Å². The monoisotopic (exact) mass is 726 g/mol. The zero-order chi connectivity index (χ0) is 43.0. The zero-order valence-corrected chi connectivity index (χ0v) is 39.2. The molecule has 0 aliphatic heterocycles. The third kappa shape index (κ3) is 229. The molecule has 0 N–H and O–H groups in total. The van der Waals surface area contributed by atoms with Crippen molar-refractivity contribution in [2.45, 2.75) is 166 Å². The lowest BCUT2D eigenvalue weighted by Crippen LogP contribution is -1.93. The van der Waals surface area contributed by atoms with Crippen molar-refractivity contribution >= 4 is 0 Å². The van der Waals surface area contributed by atoms with Crippen molar-refractivity contribution in [3.05, 3.63) is 117 Å². The molecule has 0 spiro atoms. The van der Waals surface area contributed by atoms with Crippen molar-refractivity contribution in [2.24, 2.45) is 21.7 Å². The zero-order valence-electron chi connectivity index (χ0n) is 39.2. The maximum Gasteiger partial charge on any atom is 0.115 e. The van der Waals surface area contributed by atoms with Crippen LogP contribution in [0.2, 0.25) is 0 Å². The van der Waals surface area contributed by atoms with Gasteiger partial charge in [-0.05, 0) is 39.9 Å². The number of aromatic nitrogens is 5. The van der Waals surface area contributed by atoms with E-state index in [0.29, 0.717) is 21.7 Å². The van der Waals surface area contributed by atoms with Gasteiger partial charge in [-0.1, -0.05) is 209 Å². The van der Waals surface area contributed by atoms with Crippen molar-refractivity contribution in [1.29, 1.82) is 0 Å². The molecule has 0 unspecified atom stereocenters. The summed E-state index contributed by atoms with van der Waals surface area (Å²) in [5.41, 5.74) is 2.00. The molecule has 0 saturated heterocycles. The van der Waals surface area contributed by atoms with Crippen molar-refractivity contribution < 1.29 is 0 Å². The summed E-state index contributed by atoms with van der Waals surface area (Å²) < 4.78 is 0. The summed E-state index contributed by atoms with van der Waals surface area (Å²) in [7, 11) is 0. The molecule has 3 heterocycles. The largest absolute Gasteiger partial charge is 0.265 e. The molecule has 0 aliphatic rings. The Kier molecular flexibility index (Phi) is 66.6. The van der Waals surface area contributed by atoms with Gasteiger partial charge in [0.05, 0.1) is 0 Å². The van der Waals surface area contributed by atoms with Gasteiger partial charge in [0.15, 0.2) is 0 Å².